The fourth-order valence-electron chi connectivity index (χ4n) is 4.04. The molecule has 0 bridgehead atoms. The zero-order valence-corrected chi connectivity index (χ0v) is 15.9. The van der Waals surface area contributed by atoms with Crippen LogP contribution < -0.4 is 10.6 Å². The van der Waals surface area contributed by atoms with Crippen molar-refractivity contribution >= 4 is 17.7 Å². The molecule has 8 nitrogen and oxygen atoms in total. The minimum absolute atomic E-state index is 0.00364. The highest BCUT2D eigenvalue weighted by Gasteiger charge is 2.44. The summed E-state index contributed by atoms with van der Waals surface area (Å²) in [6, 6.07) is 3.03. The molecule has 3 unspecified atom stereocenters. The molecule has 0 spiro atoms. The van der Waals surface area contributed by atoms with E-state index in [1.165, 1.54) is 6.26 Å². The molecule has 8 heteroatoms. The van der Waals surface area contributed by atoms with Crippen molar-refractivity contribution in [3.63, 3.8) is 0 Å². The third-order valence-electron chi connectivity index (χ3n) is 5.51. The molecule has 3 heterocycles. The van der Waals surface area contributed by atoms with Crippen LogP contribution in [-0.2, 0) is 9.59 Å². The number of carbonyl (C=O) groups excluding carboxylic acids is 3. The number of piperazine rings is 1. The van der Waals surface area contributed by atoms with E-state index in [-0.39, 0.29) is 41.6 Å². The summed E-state index contributed by atoms with van der Waals surface area (Å²) in [5.74, 6) is 0.149. The maximum Gasteiger partial charge on any atom is 0.287 e. The second-order valence-corrected chi connectivity index (χ2v) is 7.10. The minimum atomic E-state index is -0.265. The van der Waals surface area contributed by atoms with Crippen molar-refractivity contribution in [1.82, 2.24) is 20.4 Å². The number of nitrogens with one attached hydrogen (secondary N) is 2. The first-order valence-corrected chi connectivity index (χ1v) is 9.69. The van der Waals surface area contributed by atoms with Gasteiger partial charge in [-0.25, -0.2) is 0 Å². The standard InChI is InChI=1S/C19H28N4O4/c1-3-22(4-2)17(24)8-7-14-11-20-18(25)15-10-13(12-23(14)15)21-19(26)16-6-5-9-27-16/h5-6,9,13-15H,3-4,7-8,10-12H2,1-2H3,(H,20,25)(H,21,26). The number of hydrogen-bond donors (Lipinski definition) is 2. The summed E-state index contributed by atoms with van der Waals surface area (Å²) < 4.78 is 5.13. The van der Waals surface area contributed by atoms with Crippen molar-refractivity contribution in [2.75, 3.05) is 26.2 Å². The lowest BCUT2D eigenvalue weighted by Crippen LogP contribution is -2.58. The van der Waals surface area contributed by atoms with Crippen LogP contribution in [-0.4, -0.2) is 71.8 Å². The molecule has 2 saturated heterocycles. The maximum absolute atomic E-state index is 12.3. The molecule has 0 saturated carbocycles. The fourth-order valence-corrected chi connectivity index (χ4v) is 4.04. The number of furan rings is 1. The first-order valence-electron chi connectivity index (χ1n) is 9.69. The highest BCUT2D eigenvalue weighted by atomic mass is 16.3. The molecule has 3 rings (SSSR count). The van der Waals surface area contributed by atoms with Crippen molar-refractivity contribution in [2.45, 2.75) is 51.2 Å². The van der Waals surface area contributed by atoms with Crippen molar-refractivity contribution in [1.29, 1.82) is 0 Å². The number of nitrogens with zero attached hydrogens (tertiary/aromatic N) is 2. The third kappa shape index (κ3) is 4.32. The third-order valence-corrected chi connectivity index (χ3v) is 5.51. The van der Waals surface area contributed by atoms with Crippen LogP contribution in [0, 0.1) is 0 Å². The number of fused-ring (bicyclic) bond motifs is 1. The first kappa shape index (κ1) is 19.4. The molecular weight excluding hydrogens is 348 g/mol. The molecule has 3 atom stereocenters. The van der Waals surface area contributed by atoms with Gasteiger partial charge < -0.3 is 20.0 Å². The number of carbonyl (C=O) groups is 3. The lowest BCUT2D eigenvalue weighted by Gasteiger charge is -2.37. The zero-order valence-electron chi connectivity index (χ0n) is 15.9. The molecule has 2 aliphatic rings. The van der Waals surface area contributed by atoms with Crippen molar-refractivity contribution in [2.24, 2.45) is 0 Å². The maximum atomic E-state index is 12.3. The predicted octanol–water partition coefficient (Wildman–Crippen LogP) is 0.599. The van der Waals surface area contributed by atoms with E-state index in [1.807, 2.05) is 18.7 Å². The Bertz CT molecular complexity index is 671. The second-order valence-electron chi connectivity index (χ2n) is 7.10. The lowest BCUT2D eigenvalue weighted by atomic mass is 10.0. The van der Waals surface area contributed by atoms with Gasteiger partial charge in [-0.2, -0.15) is 0 Å². The van der Waals surface area contributed by atoms with Crippen molar-refractivity contribution in [3.8, 4) is 0 Å². The zero-order chi connectivity index (χ0) is 19.4. The molecule has 27 heavy (non-hydrogen) atoms. The Balaban J connectivity index is 1.58. The normalized spacial score (nSPS) is 25.0. The van der Waals surface area contributed by atoms with Crippen LogP contribution in [0.3, 0.4) is 0 Å². The van der Waals surface area contributed by atoms with Gasteiger partial charge in [-0.3, -0.25) is 19.3 Å². The van der Waals surface area contributed by atoms with E-state index in [0.29, 0.717) is 45.4 Å². The topological polar surface area (TPSA) is 94.9 Å². The molecule has 3 amide bonds. The van der Waals surface area contributed by atoms with Gasteiger partial charge in [0.1, 0.15) is 0 Å². The van der Waals surface area contributed by atoms with Crippen LogP contribution >= 0.6 is 0 Å². The largest absolute Gasteiger partial charge is 0.459 e. The van der Waals surface area contributed by atoms with E-state index in [4.69, 9.17) is 4.42 Å². The Hall–Kier alpha value is -2.35. The molecule has 2 N–H and O–H groups in total. The van der Waals surface area contributed by atoms with Crippen LogP contribution in [0.25, 0.3) is 0 Å². The van der Waals surface area contributed by atoms with Gasteiger partial charge in [0, 0.05) is 44.7 Å². The van der Waals surface area contributed by atoms with E-state index >= 15 is 0 Å². The van der Waals surface area contributed by atoms with Gasteiger partial charge in [0.25, 0.3) is 5.91 Å². The van der Waals surface area contributed by atoms with Gasteiger partial charge in [-0.1, -0.05) is 0 Å². The summed E-state index contributed by atoms with van der Waals surface area (Å²) in [6.07, 6.45) is 3.20. The molecule has 1 aromatic heterocycles. The highest BCUT2D eigenvalue weighted by Crippen LogP contribution is 2.26. The Morgan fingerprint density at radius 2 is 2.15 bits per heavy atom. The fraction of sp³-hybridized carbons (Fsp3) is 0.632. The first-order chi connectivity index (χ1) is 13.0. The van der Waals surface area contributed by atoms with Crippen LogP contribution in [0.1, 0.15) is 43.7 Å². The molecule has 0 radical (unpaired) electrons. The van der Waals surface area contributed by atoms with E-state index in [0.717, 1.165) is 0 Å². The van der Waals surface area contributed by atoms with Gasteiger partial charge in [0.2, 0.25) is 11.8 Å². The van der Waals surface area contributed by atoms with E-state index in [1.54, 1.807) is 12.1 Å². The quantitative estimate of drug-likeness (QED) is 0.727. The smallest absolute Gasteiger partial charge is 0.287 e. The molecule has 0 aromatic carbocycles. The summed E-state index contributed by atoms with van der Waals surface area (Å²) in [5.41, 5.74) is 0. The predicted molar refractivity (Wildman–Crippen MR) is 99.0 cm³/mol. The molecular formula is C19H28N4O4. The summed E-state index contributed by atoms with van der Waals surface area (Å²) >= 11 is 0. The molecule has 2 aliphatic heterocycles. The van der Waals surface area contributed by atoms with Crippen LogP contribution in [0.5, 0.6) is 0 Å². The van der Waals surface area contributed by atoms with Gasteiger partial charge >= 0.3 is 0 Å². The summed E-state index contributed by atoms with van der Waals surface area (Å²) in [7, 11) is 0. The molecule has 1 aromatic rings. The second kappa shape index (κ2) is 8.56. The van der Waals surface area contributed by atoms with Gasteiger partial charge in [-0.15, -0.1) is 0 Å². The van der Waals surface area contributed by atoms with Gasteiger partial charge in [0.15, 0.2) is 5.76 Å². The van der Waals surface area contributed by atoms with E-state index in [9.17, 15) is 14.4 Å². The summed E-state index contributed by atoms with van der Waals surface area (Å²) in [6.45, 7) is 6.53. The Morgan fingerprint density at radius 3 is 2.81 bits per heavy atom. The van der Waals surface area contributed by atoms with Crippen molar-refractivity contribution < 1.29 is 18.8 Å². The van der Waals surface area contributed by atoms with Gasteiger partial charge in [-0.05, 0) is 38.8 Å². The highest BCUT2D eigenvalue weighted by molar-refractivity contribution is 5.91. The summed E-state index contributed by atoms with van der Waals surface area (Å²) in [5, 5.41) is 5.90. The van der Waals surface area contributed by atoms with Crippen LogP contribution in [0.4, 0.5) is 0 Å². The molecule has 2 fully saturated rings. The Morgan fingerprint density at radius 1 is 1.37 bits per heavy atom. The number of hydrogen-bond acceptors (Lipinski definition) is 5. The van der Waals surface area contributed by atoms with Crippen LogP contribution in [0.2, 0.25) is 0 Å². The van der Waals surface area contributed by atoms with E-state index in [2.05, 4.69) is 15.5 Å². The number of rotatable bonds is 7. The minimum Gasteiger partial charge on any atom is -0.459 e. The van der Waals surface area contributed by atoms with Gasteiger partial charge in [0.05, 0.1) is 12.3 Å². The average Bonchev–Trinajstić information content (AvgIpc) is 3.32. The van der Waals surface area contributed by atoms with Crippen molar-refractivity contribution in [3.05, 3.63) is 24.2 Å². The van der Waals surface area contributed by atoms with E-state index < -0.39 is 0 Å². The lowest BCUT2D eigenvalue weighted by molar-refractivity contribution is -0.132. The molecule has 148 valence electrons. The Labute approximate surface area is 159 Å². The summed E-state index contributed by atoms with van der Waals surface area (Å²) in [4.78, 5) is 40.7. The average molecular weight is 376 g/mol. The van der Waals surface area contributed by atoms with Crippen LogP contribution in [0.15, 0.2) is 22.8 Å². The number of amides is 3. The Kier molecular flexibility index (Phi) is 6.15. The molecule has 0 aliphatic carbocycles. The monoisotopic (exact) mass is 376 g/mol. The SMILES string of the molecule is CCN(CC)C(=O)CCC1CNC(=O)C2CC(NC(=O)c3ccco3)CN12.